The van der Waals surface area contributed by atoms with Crippen LogP contribution in [0.4, 0.5) is 5.82 Å². The Labute approximate surface area is 97.4 Å². The van der Waals surface area contributed by atoms with E-state index < -0.39 is 0 Å². The van der Waals surface area contributed by atoms with E-state index in [4.69, 9.17) is 0 Å². The van der Waals surface area contributed by atoms with E-state index in [1.807, 2.05) is 26.1 Å². The first kappa shape index (κ1) is 12.6. The Balaban J connectivity index is 2.73. The lowest BCUT2D eigenvalue weighted by Crippen LogP contribution is -2.25. The molecule has 0 aliphatic carbocycles. The normalized spacial score (nSPS) is 10.2. The molecule has 0 fully saturated rings. The fourth-order valence-corrected chi connectivity index (χ4v) is 1.48. The summed E-state index contributed by atoms with van der Waals surface area (Å²) in [4.78, 5) is 2.15. The lowest BCUT2D eigenvalue weighted by molar-refractivity contribution is 0.755. The van der Waals surface area contributed by atoms with Crippen LogP contribution in [0, 0.1) is 0 Å². The number of nitrogens with zero attached hydrogens (tertiary/aromatic N) is 3. The molecule has 0 atom stereocenters. The molecule has 0 saturated carbocycles. The SMILES string of the molecule is C=C(C)CN(CC)c1ccc(CNC)nn1. The molecule has 0 radical (unpaired) electrons. The number of likely N-dealkylation sites (N-methyl/N-ethyl adjacent to an activating group) is 1. The highest BCUT2D eigenvalue weighted by atomic mass is 15.3. The molecule has 0 unspecified atom stereocenters. The number of anilines is 1. The molecule has 0 saturated heterocycles. The van der Waals surface area contributed by atoms with E-state index in [1.54, 1.807) is 0 Å². The molecule has 88 valence electrons. The summed E-state index contributed by atoms with van der Waals surface area (Å²) in [6, 6.07) is 4.01. The Bertz CT molecular complexity index is 331. The number of aromatic nitrogens is 2. The number of nitrogens with one attached hydrogen (secondary N) is 1. The second-order valence-corrected chi connectivity index (χ2v) is 3.88. The van der Waals surface area contributed by atoms with E-state index in [9.17, 15) is 0 Å². The van der Waals surface area contributed by atoms with Crippen molar-refractivity contribution in [3.8, 4) is 0 Å². The Morgan fingerprint density at radius 2 is 2.19 bits per heavy atom. The van der Waals surface area contributed by atoms with E-state index in [1.165, 1.54) is 0 Å². The molecule has 1 rings (SSSR count). The maximum Gasteiger partial charge on any atom is 0.151 e. The summed E-state index contributed by atoms with van der Waals surface area (Å²) in [6.45, 7) is 10.5. The van der Waals surface area contributed by atoms with E-state index in [2.05, 4.69) is 33.9 Å². The fraction of sp³-hybridized carbons (Fsp3) is 0.500. The zero-order valence-corrected chi connectivity index (χ0v) is 10.3. The first-order chi connectivity index (χ1) is 7.67. The van der Waals surface area contributed by atoms with Crippen LogP contribution in [0.5, 0.6) is 0 Å². The molecule has 0 aromatic carbocycles. The zero-order chi connectivity index (χ0) is 12.0. The van der Waals surface area contributed by atoms with Crippen molar-refractivity contribution in [3.63, 3.8) is 0 Å². The number of rotatable bonds is 6. The van der Waals surface area contributed by atoms with Crippen molar-refractivity contribution in [3.05, 3.63) is 30.0 Å². The van der Waals surface area contributed by atoms with Gasteiger partial charge in [0.25, 0.3) is 0 Å². The second-order valence-electron chi connectivity index (χ2n) is 3.88. The highest BCUT2D eigenvalue weighted by Crippen LogP contribution is 2.10. The van der Waals surface area contributed by atoms with Gasteiger partial charge in [0, 0.05) is 19.6 Å². The van der Waals surface area contributed by atoms with E-state index >= 15 is 0 Å². The predicted molar refractivity (Wildman–Crippen MR) is 67.5 cm³/mol. The van der Waals surface area contributed by atoms with Gasteiger partial charge in [0.2, 0.25) is 0 Å². The summed E-state index contributed by atoms with van der Waals surface area (Å²) in [5, 5.41) is 11.4. The molecule has 1 N–H and O–H groups in total. The van der Waals surface area contributed by atoms with Gasteiger partial charge in [-0.15, -0.1) is 5.10 Å². The van der Waals surface area contributed by atoms with Gasteiger partial charge in [-0.05, 0) is 33.0 Å². The van der Waals surface area contributed by atoms with Crippen LogP contribution in [0.15, 0.2) is 24.3 Å². The van der Waals surface area contributed by atoms with Crippen molar-refractivity contribution < 1.29 is 0 Å². The van der Waals surface area contributed by atoms with Crippen LogP contribution in [0.25, 0.3) is 0 Å². The van der Waals surface area contributed by atoms with Crippen molar-refractivity contribution in [2.75, 3.05) is 25.0 Å². The fourth-order valence-electron chi connectivity index (χ4n) is 1.48. The van der Waals surface area contributed by atoms with Crippen molar-refractivity contribution in [2.45, 2.75) is 20.4 Å². The van der Waals surface area contributed by atoms with Crippen LogP contribution in [0.2, 0.25) is 0 Å². The van der Waals surface area contributed by atoms with Crippen molar-refractivity contribution in [1.82, 2.24) is 15.5 Å². The van der Waals surface area contributed by atoms with Crippen molar-refractivity contribution in [2.24, 2.45) is 0 Å². The smallest absolute Gasteiger partial charge is 0.151 e. The molecule has 1 aromatic rings. The van der Waals surface area contributed by atoms with Gasteiger partial charge in [-0.1, -0.05) is 12.2 Å². The third-order valence-electron chi connectivity index (χ3n) is 2.23. The summed E-state index contributed by atoms with van der Waals surface area (Å²) < 4.78 is 0. The highest BCUT2D eigenvalue weighted by molar-refractivity contribution is 5.38. The maximum absolute atomic E-state index is 4.22. The molecular weight excluding hydrogens is 200 g/mol. The van der Waals surface area contributed by atoms with Crippen LogP contribution in [0.1, 0.15) is 19.5 Å². The van der Waals surface area contributed by atoms with E-state index in [0.29, 0.717) is 0 Å². The molecule has 1 heterocycles. The average molecular weight is 220 g/mol. The van der Waals surface area contributed by atoms with Gasteiger partial charge < -0.3 is 10.2 Å². The minimum absolute atomic E-state index is 0.750. The van der Waals surface area contributed by atoms with Gasteiger partial charge in [0.05, 0.1) is 5.69 Å². The van der Waals surface area contributed by atoms with Crippen LogP contribution in [-0.2, 0) is 6.54 Å². The molecule has 0 amide bonds. The molecule has 4 heteroatoms. The van der Waals surface area contributed by atoms with Crippen molar-refractivity contribution >= 4 is 5.82 Å². The maximum atomic E-state index is 4.22. The van der Waals surface area contributed by atoms with Crippen LogP contribution >= 0.6 is 0 Å². The summed E-state index contributed by atoms with van der Waals surface area (Å²) in [7, 11) is 1.90. The van der Waals surface area contributed by atoms with Crippen LogP contribution in [0.3, 0.4) is 0 Å². The third-order valence-corrected chi connectivity index (χ3v) is 2.23. The molecule has 1 aromatic heterocycles. The lowest BCUT2D eigenvalue weighted by Gasteiger charge is -2.21. The first-order valence-corrected chi connectivity index (χ1v) is 5.54. The number of hydrogen-bond acceptors (Lipinski definition) is 4. The standard InChI is InChI=1S/C12H20N4/c1-5-16(9-10(2)3)12-7-6-11(8-13-4)14-15-12/h6-7,13H,2,5,8-9H2,1,3-4H3. The summed E-state index contributed by atoms with van der Waals surface area (Å²) >= 11 is 0. The lowest BCUT2D eigenvalue weighted by atomic mass is 10.3. The van der Waals surface area contributed by atoms with Crippen LogP contribution in [-0.4, -0.2) is 30.3 Å². The minimum Gasteiger partial charge on any atom is -0.351 e. The van der Waals surface area contributed by atoms with Gasteiger partial charge >= 0.3 is 0 Å². The molecule has 0 aliphatic heterocycles. The van der Waals surface area contributed by atoms with Crippen LogP contribution < -0.4 is 10.2 Å². The summed E-state index contributed by atoms with van der Waals surface area (Å²) in [6.07, 6.45) is 0. The molecule has 4 nitrogen and oxygen atoms in total. The summed E-state index contributed by atoms with van der Waals surface area (Å²) in [5.41, 5.74) is 2.08. The Morgan fingerprint density at radius 3 is 2.62 bits per heavy atom. The topological polar surface area (TPSA) is 41.0 Å². The Kier molecular flexibility index (Phi) is 4.92. The quantitative estimate of drug-likeness (QED) is 0.739. The molecule has 0 spiro atoms. The van der Waals surface area contributed by atoms with E-state index in [-0.39, 0.29) is 0 Å². The minimum atomic E-state index is 0.750. The molecular formula is C12H20N4. The van der Waals surface area contributed by atoms with Gasteiger partial charge in [-0.2, -0.15) is 5.10 Å². The Hall–Kier alpha value is -1.42. The molecule has 0 aliphatic rings. The largest absolute Gasteiger partial charge is 0.351 e. The van der Waals surface area contributed by atoms with E-state index in [0.717, 1.165) is 36.7 Å². The first-order valence-electron chi connectivity index (χ1n) is 5.54. The average Bonchev–Trinajstić information content (AvgIpc) is 2.27. The van der Waals surface area contributed by atoms with Gasteiger partial charge in [0.15, 0.2) is 5.82 Å². The van der Waals surface area contributed by atoms with Gasteiger partial charge in [0.1, 0.15) is 0 Å². The monoisotopic (exact) mass is 220 g/mol. The highest BCUT2D eigenvalue weighted by Gasteiger charge is 2.06. The van der Waals surface area contributed by atoms with Gasteiger partial charge in [-0.3, -0.25) is 0 Å². The molecule has 16 heavy (non-hydrogen) atoms. The number of hydrogen-bond donors (Lipinski definition) is 1. The zero-order valence-electron chi connectivity index (χ0n) is 10.3. The van der Waals surface area contributed by atoms with Gasteiger partial charge in [-0.25, -0.2) is 0 Å². The Morgan fingerprint density at radius 1 is 1.44 bits per heavy atom. The summed E-state index contributed by atoms with van der Waals surface area (Å²) in [5.74, 6) is 0.908. The third kappa shape index (κ3) is 3.62. The second kappa shape index (κ2) is 6.23. The predicted octanol–water partition coefficient (Wildman–Crippen LogP) is 1.60. The van der Waals surface area contributed by atoms with Crippen molar-refractivity contribution in [1.29, 1.82) is 0 Å². The molecule has 0 bridgehead atoms.